The van der Waals surface area contributed by atoms with Crippen LogP contribution in [0.1, 0.15) is 38.2 Å². The van der Waals surface area contributed by atoms with Crippen molar-refractivity contribution in [2.45, 2.75) is 42.4 Å². The summed E-state index contributed by atoms with van der Waals surface area (Å²) >= 11 is 1.69. The third-order valence-electron chi connectivity index (χ3n) is 4.55. The lowest BCUT2D eigenvalue weighted by molar-refractivity contribution is -0.132. The Kier molecular flexibility index (Phi) is 6.20. The normalized spacial score (nSPS) is 12.9. The van der Waals surface area contributed by atoms with E-state index in [1.807, 2.05) is 24.3 Å². The van der Waals surface area contributed by atoms with Crippen molar-refractivity contribution in [2.24, 2.45) is 0 Å². The molecule has 4 nitrogen and oxygen atoms in total. The zero-order valence-electron chi connectivity index (χ0n) is 15.3. The van der Waals surface area contributed by atoms with Gasteiger partial charge in [0.25, 0.3) is 0 Å². The predicted octanol–water partition coefficient (Wildman–Crippen LogP) is 5.86. The van der Waals surface area contributed by atoms with E-state index in [0.717, 1.165) is 29.1 Å². The molecule has 0 fully saturated rings. The Balaban J connectivity index is 1.94. The molecule has 2 aromatic rings. The highest BCUT2D eigenvalue weighted by molar-refractivity contribution is 7.99. The number of nitrogens with zero attached hydrogens (tertiary/aromatic N) is 2. The topological polar surface area (TPSA) is 64.3 Å². The molecule has 0 spiro atoms. The number of carbonyl (C=O) groups is 1. The molecule has 3 rings (SSSR count). The highest BCUT2D eigenvalue weighted by atomic mass is 32.2. The maximum absolute atomic E-state index is 11.1. The van der Waals surface area contributed by atoms with Crippen LogP contribution in [-0.4, -0.2) is 17.6 Å². The van der Waals surface area contributed by atoms with Gasteiger partial charge in [0.2, 0.25) is 0 Å². The van der Waals surface area contributed by atoms with Crippen molar-refractivity contribution in [1.82, 2.24) is 0 Å². The minimum Gasteiger partial charge on any atom is -0.477 e. The van der Waals surface area contributed by atoms with E-state index in [-0.39, 0.29) is 5.57 Å². The number of aliphatic carboxylic acids is 1. The van der Waals surface area contributed by atoms with Gasteiger partial charge in [0.05, 0.1) is 11.4 Å². The van der Waals surface area contributed by atoms with Crippen molar-refractivity contribution in [3.8, 4) is 6.07 Å². The zero-order chi connectivity index (χ0) is 19.2. The summed E-state index contributed by atoms with van der Waals surface area (Å²) in [7, 11) is 0. The molecular weight excluding hydrogens is 356 g/mol. The summed E-state index contributed by atoms with van der Waals surface area (Å²) in [6.07, 6.45) is 6.22. The number of rotatable bonds is 7. The van der Waals surface area contributed by atoms with E-state index in [1.165, 1.54) is 35.9 Å². The van der Waals surface area contributed by atoms with Gasteiger partial charge in [-0.1, -0.05) is 56.1 Å². The molecule has 27 heavy (non-hydrogen) atoms. The van der Waals surface area contributed by atoms with Crippen LogP contribution in [0.4, 0.5) is 11.4 Å². The third-order valence-corrected chi connectivity index (χ3v) is 5.66. The van der Waals surface area contributed by atoms with Crippen LogP contribution in [-0.2, 0) is 4.79 Å². The fraction of sp³-hybridized carbons (Fsp3) is 0.273. The lowest BCUT2D eigenvalue weighted by atomic mass is 10.1. The summed E-state index contributed by atoms with van der Waals surface area (Å²) in [5.74, 6) is -1.20. The maximum atomic E-state index is 11.1. The maximum Gasteiger partial charge on any atom is 0.346 e. The van der Waals surface area contributed by atoms with Gasteiger partial charge in [0.1, 0.15) is 11.6 Å². The molecule has 0 amide bonds. The summed E-state index contributed by atoms with van der Waals surface area (Å²) in [5.41, 5.74) is 2.83. The number of unbranched alkanes of at least 4 members (excludes halogenated alkanes) is 3. The van der Waals surface area contributed by atoms with Gasteiger partial charge in [0.15, 0.2) is 0 Å². The Bertz CT molecular complexity index is 915. The molecule has 0 saturated heterocycles. The van der Waals surface area contributed by atoms with Gasteiger partial charge >= 0.3 is 5.97 Å². The second-order valence-electron chi connectivity index (χ2n) is 6.48. The summed E-state index contributed by atoms with van der Waals surface area (Å²) in [6.45, 7) is 3.17. The SMILES string of the molecule is CCCCCCN1c2ccccc2Sc2cc(/C=C(/C#N)C(=O)O)ccc21. The summed E-state index contributed by atoms with van der Waals surface area (Å²) in [6, 6.07) is 16.0. The lowest BCUT2D eigenvalue weighted by Gasteiger charge is -2.33. The van der Waals surface area contributed by atoms with Crippen molar-refractivity contribution in [3.63, 3.8) is 0 Å². The van der Waals surface area contributed by atoms with E-state index >= 15 is 0 Å². The molecule has 0 saturated carbocycles. The van der Waals surface area contributed by atoms with Crippen molar-refractivity contribution >= 4 is 35.2 Å². The molecule has 1 heterocycles. The van der Waals surface area contributed by atoms with E-state index < -0.39 is 5.97 Å². The molecule has 0 radical (unpaired) electrons. The molecular formula is C22H22N2O2S. The molecule has 0 bridgehead atoms. The van der Waals surface area contributed by atoms with Crippen molar-refractivity contribution < 1.29 is 9.90 Å². The van der Waals surface area contributed by atoms with Gasteiger partial charge in [-0.15, -0.1) is 0 Å². The number of hydrogen-bond acceptors (Lipinski definition) is 4. The largest absolute Gasteiger partial charge is 0.477 e. The van der Waals surface area contributed by atoms with Crippen molar-refractivity contribution in [2.75, 3.05) is 11.4 Å². The first kappa shape index (κ1) is 19.1. The predicted molar refractivity (Wildman–Crippen MR) is 109 cm³/mol. The molecule has 2 aromatic carbocycles. The highest BCUT2D eigenvalue weighted by Crippen LogP contribution is 2.48. The average Bonchev–Trinajstić information content (AvgIpc) is 2.68. The number of hydrogen-bond donors (Lipinski definition) is 1. The minimum absolute atomic E-state index is 0.257. The standard InChI is InChI=1S/C22H22N2O2S/c1-2-3-4-7-12-24-18-8-5-6-9-20(18)27-21-14-16(10-11-19(21)24)13-17(15-23)22(25)26/h5-6,8-11,13-14H,2-4,7,12H2,1H3,(H,25,26)/b17-13-. The van der Waals surface area contributed by atoms with Gasteiger partial charge in [-0.05, 0) is 42.3 Å². The Morgan fingerprint density at radius 3 is 2.67 bits per heavy atom. The summed E-state index contributed by atoms with van der Waals surface area (Å²) in [4.78, 5) is 15.7. The smallest absolute Gasteiger partial charge is 0.346 e. The molecule has 138 valence electrons. The Labute approximate surface area is 164 Å². The van der Waals surface area contributed by atoms with E-state index in [9.17, 15) is 4.79 Å². The second-order valence-corrected chi connectivity index (χ2v) is 7.57. The van der Waals surface area contributed by atoms with Crippen LogP contribution >= 0.6 is 11.8 Å². The van der Waals surface area contributed by atoms with Gasteiger partial charge in [-0.2, -0.15) is 5.26 Å². The lowest BCUT2D eigenvalue weighted by Crippen LogP contribution is -2.22. The molecule has 5 heteroatoms. The quantitative estimate of drug-likeness (QED) is 0.371. The number of carboxylic acids is 1. The highest BCUT2D eigenvalue weighted by Gasteiger charge is 2.23. The van der Waals surface area contributed by atoms with E-state index in [4.69, 9.17) is 10.4 Å². The van der Waals surface area contributed by atoms with Crippen LogP contribution in [0, 0.1) is 11.3 Å². The van der Waals surface area contributed by atoms with Crippen molar-refractivity contribution in [3.05, 3.63) is 53.6 Å². The molecule has 1 aliphatic heterocycles. The zero-order valence-corrected chi connectivity index (χ0v) is 16.1. The third kappa shape index (κ3) is 4.35. The fourth-order valence-electron chi connectivity index (χ4n) is 3.19. The van der Waals surface area contributed by atoms with Gasteiger partial charge in [-0.3, -0.25) is 0 Å². The number of nitriles is 1. The van der Waals surface area contributed by atoms with Crippen molar-refractivity contribution in [1.29, 1.82) is 5.26 Å². The van der Waals surface area contributed by atoms with Crippen LogP contribution in [0.15, 0.2) is 57.8 Å². The first-order chi connectivity index (χ1) is 13.1. The number of para-hydroxylation sites is 1. The van der Waals surface area contributed by atoms with E-state index in [2.05, 4.69) is 30.0 Å². The van der Waals surface area contributed by atoms with E-state index in [1.54, 1.807) is 17.8 Å². The van der Waals surface area contributed by atoms with Crippen LogP contribution < -0.4 is 4.90 Å². The Hall–Kier alpha value is -2.71. The first-order valence-electron chi connectivity index (χ1n) is 9.17. The van der Waals surface area contributed by atoms with E-state index in [0.29, 0.717) is 0 Å². The average molecular weight is 378 g/mol. The second kappa shape index (κ2) is 8.79. The molecule has 0 aliphatic carbocycles. The minimum atomic E-state index is -1.20. The van der Waals surface area contributed by atoms with Gasteiger partial charge < -0.3 is 10.0 Å². The monoisotopic (exact) mass is 378 g/mol. The van der Waals surface area contributed by atoms with Crippen LogP contribution in [0.3, 0.4) is 0 Å². The van der Waals surface area contributed by atoms with Gasteiger partial charge in [0, 0.05) is 16.3 Å². The number of fused-ring (bicyclic) bond motifs is 2. The van der Waals surface area contributed by atoms with Crippen LogP contribution in [0.5, 0.6) is 0 Å². The molecule has 0 unspecified atom stereocenters. The number of anilines is 2. The summed E-state index contributed by atoms with van der Waals surface area (Å²) in [5, 5.41) is 18.1. The fourth-order valence-corrected chi connectivity index (χ4v) is 4.33. The molecule has 0 atom stereocenters. The molecule has 1 N–H and O–H groups in total. The Morgan fingerprint density at radius 2 is 1.93 bits per heavy atom. The summed E-state index contributed by atoms with van der Waals surface area (Å²) < 4.78 is 0. The van der Waals surface area contributed by atoms with Crippen LogP contribution in [0.2, 0.25) is 0 Å². The van der Waals surface area contributed by atoms with Crippen LogP contribution in [0.25, 0.3) is 6.08 Å². The molecule has 0 aromatic heterocycles. The van der Waals surface area contributed by atoms with Gasteiger partial charge in [-0.25, -0.2) is 4.79 Å². The first-order valence-corrected chi connectivity index (χ1v) is 9.99. The number of benzene rings is 2. The number of carboxylic acid groups (broad SMARTS) is 1. The molecule has 1 aliphatic rings. The Morgan fingerprint density at radius 1 is 1.15 bits per heavy atom.